The molecule has 0 spiro atoms. The van der Waals surface area contributed by atoms with E-state index in [-0.39, 0.29) is 5.82 Å². The largest absolute Gasteiger partial charge is 0.308 e. The van der Waals surface area contributed by atoms with Crippen LogP contribution in [0.15, 0.2) is 29.6 Å². The zero-order valence-corrected chi connectivity index (χ0v) is 11.6. The highest BCUT2D eigenvalue weighted by Crippen LogP contribution is 2.17. The Bertz CT molecular complexity index is 519. The van der Waals surface area contributed by atoms with Crippen LogP contribution in [-0.4, -0.2) is 0 Å². The van der Waals surface area contributed by atoms with E-state index in [0.29, 0.717) is 6.54 Å². The summed E-state index contributed by atoms with van der Waals surface area (Å²) in [5, 5.41) is 5.43. The topological polar surface area (TPSA) is 12.0 Å². The molecular formula is C15H18FNS. The van der Waals surface area contributed by atoms with E-state index in [1.165, 1.54) is 16.5 Å². The molecule has 0 saturated carbocycles. The molecule has 96 valence electrons. The van der Waals surface area contributed by atoms with Gasteiger partial charge in [0.05, 0.1) is 0 Å². The zero-order valence-electron chi connectivity index (χ0n) is 10.8. The second-order valence-corrected chi connectivity index (χ2v) is 5.42. The minimum atomic E-state index is -0.130. The summed E-state index contributed by atoms with van der Waals surface area (Å²) in [5.74, 6) is -0.130. The number of thiophene rings is 1. The van der Waals surface area contributed by atoms with E-state index in [1.807, 2.05) is 13.0 Å². The van der Waals surface area contributed by atoms with Crippen molar-refractivity contribution in [1.82, 2.24) is 5.32 Å². The molecule has 1 aromatic heterocycles. The molecule has 18 heavy (non-hydrogen) atoms. The molecule has 0 amide bonds. The average Bonchev–Trinajstić information content (AvgIpc) is 2.81. The molecule has 0 aliphatic rings. The second-order valence-electron chi connectivity index (χ2n) is 4.42. The fourth-order valence-corrected chi connectivity index (χ4v) is 2.93. The minimum absolute atomic E-state index is 0.130. The van der Waals surface area contributed by atoms with Crippen molar-refractivity contribution < 1.29 is 4.39 Å². The lowest BCUT2D eigenvalue weighted by Gasteiger charge is -2.07. The van der Waals surface area contributed by atoms with Gasteiger partial charge in [-0.05, 0) is 36.4 Å². The molecule has 0 fully saturated rings. The molecule has 2 rings (SSSR count). The Balaban J connectivity index is 1.94. The number of halogens is 1. The standard InChI is InChI=1S/C15H18FNS/c1-3-12-6-7-18-15(12)10-17-9-13-8-11(2)4-5-14(13)16/h4-8,17H,3,9-10H2,1-2H3. The number of hydrogen-bond acceptors (Lipinski definition) is 2. The van der Waals surface area contributed by atoms with Crippen LogP contribution < -0.4 is 5.32 Å². The van der Waals surface area contributed by atoms with Crippen molar-refractivity contribution in [2.45, 2.75) is 33.4 Å². The van der Waals surface area contributed by atoms with Crippen molar-refractivity contribution in [2.24, 2.45) is 0 Å². The van der Waals surface area contributed by atoms with E-state index in [2.05, 4.69) is 23.7 Å². The third-order valence-corrected chi connectivity index (χ3v) is 3.98. The molecule has 1 N–H and O–H groups in total. The molecule has 0 bridgehead atoms. The van der Waals surface area contributed by atoms with Gasteiger partial charge >= 0.3 is 0 Å². The molecule has 0 saturated heterocycles. The molecule has 2 aromatic rings. The molecule has 0 radical (unpaired) electrons. The van der Waals surface area contributed by atoms with Gasteiger partial charge in [0.1, 0.15) is 5.82 Å². The van der Waals surface area contributed by atoms with Crippen LogP contribution in [0.4, 0.5) is 4.39 Å². The maximum atomic E-state index is 13.5. The molecule has 0 aliphatic heterocycles. The van der Waals surface area contributed by atoms with Gasteiger partial charge in [0.2, 0.25) is 0 Å². The smallest absolute Gasteiger partial charge is 0.127 e. The van der Waals surface area contributed by atoms with Crippen molar-refractivity contribution in [1.29, 1.82) is 0 Å². The number of hydrogen-bond donors (Lipinski definition) is 1. The van der Waals surface area contributed by atoms with Gasteiger partial charge in [0.15, 0.2) is 0 Å². The van der Waals surface area contributed by atoms with Crippen LogP contribution in [0.2, 0.25) is 0 Å². The van der Waals surface area contributed by atoms with Crippen molar-refractivity contribution in [3.8, 4) is 0 Å². The molecule has 1 nitrogen and oxygen atoms in total. The fraction of sp³-hybridized carbons (Fsp3) is 0.333. The lowest BCUT2D eigenvalue weighted by atomic mass is 10.1. The van der Waals surface area contributed by atoms with E-state index in [9.17, 15) is 4.39 Å². The van der Waals surface area contributed by atoms with Gasteiger partial charge in [-0.2, -0.15) is 0 Å². The van der Waals surface area contributed by atoms with E-state index >= 15 is 0 Å². The Hall–Kier alpha value is -1.19. The Morgan fingerprint density at radius 1 is 1.17 bits per heavy atom. The fourth-order valence-electron chi connectivity index (χ4n) is 1.99. The first kappa shape index (κ1) is 13.2. The van der Waals surface area contributed by atoms with Gasteiger partial charge in [-0.3, -0.25) is 0 Å². The molecule has 0 atom stereocenters. The summed E-state index contributed by atoms with van der Waals surface area (Å²) in [6, 6.07) is 7.40. The van der Waals surface area contributed by atoms with Gasteiger partial charge in [0.25, 0.3) is 0 Å². The molecule has 1 aromatic carbocycles. The van der Waals surface area contributed by atoms with Crippen LogP contribution >= 0.6 is 11.3 Å². The van der Waals surface area contributed by atoms with Crippen molar-refractivity contribution in [3.63, 3.8) is 0 Å². The number of nitrogens with one attached hydrogen (secondary N) is 1. The quantitative estimate of drug-likeness (QED) is 0.858. The van der Waals surface area contributed by atoms with Crippen LogP contribution in [0.5, 0.6) is 0 Å². The SMILES string of the molecule is CCc1ccsc1CNCc1cc(C)ccc1F. The summed E-state index contributed by atoms with van der Waals surface area (Å²) < 4.78 is 13.5. The summed E-state index contributed by atoms with van der Waals surface area (Å²) in [5.41, 5.74) is 3.22. The van der Waals surface area contributed by atoms with Crippen LogP contribution in [0, 0.1) is 12.7 Å². The number of benzene rings is 1. The Morgan fingerprint density at radius 2 is 2.00 bits per heavy atom. The van der Waals surface area contributed by atoms with E-state index < -0.39 is 0 Å². The Kier molecular flexibility index (Phi) is 4.50. The molecule has 3 heteroatoms. The first-order valence-corrected chi connectivity index (χ1v) is 7.09. The maximum Gasteiger partial charge on any atom is 0.127 e. The minimum Gasteiger partial charge on any atom is -0.308 e. The predicted molar refractivity (Wildman–Crippen MR) is 75.4 cm³/mol. The summed E-state index contributed by atoms with van der Waals surface area (Å²) >= 11 is 1.76. The van der Waals surface area contributed by atoms with Crippen LogP contribution in [0.25, 0.3) is 0 Å². The second kappa shape index (κ2) is 6.12. The Morgan fingerprint density at radius 3 is 2.78 bits per heavy atom. The van der Waals surface area contributed by atoms with Crippen LogP contribution in [0.1, 0.15) is 28.5 Å². The summed E-state index contributed by atoms with van der Waals surface area (Å²) in [6.45, 7) is 5.53. The first-order valence-electron chi connectivity index (χ1n) is 6.21. The summed E-state index contributed by atoms with van der Waals surface area (Å²) in [7, 11) is 0. The van der Waals surface area contributed by atoms with E-state index in [1.54, 1.807) is 17.4 Å². The highest BCUT2D eigenvalue weighted by atomic mass is 32.1. The summed E-state index contributed by atoms with van der Waals surface area (Å²) in [6.07, 6.45) is 1.05. The molecule has 1 heterocycles. The van der Waals surface area contributed by atoms with Gasteiger partial charge in [-0.25, -0.2) is 4.39 Å². The third-order valence-electron chi connectivity index (χ3n) is 3.02. The van der Waals surface area contributed by atoms with Gasteiger partial charge in [-0.1, -0.05) is 24.6 Å². The lowest BCUT2D eigenvalue weighted by molar-refractivity contribution is 0.588. The maximum absolute atomic E-state index is 13.5. The van der Waals surface area contributed by atoms with Gasteiger partial charge in [-0.15, -0.1) is 11.3 Å². The highest BCUT2D eigenvalue weighted by molar-refractivity contribution is 7.10. The van der Waals surface area contributed by atoms with Gasteiger partial charge < -0.3 is 5.32 Å². The molecular weight excluding hydrogens is 245 g/mol. The van der Waals surface area contributed by atoms with E-state index in [0.717, 1.165) is 24.1 Å². The van der Waals surface area contributed by atoms with Crippen molar-refractivity contribution in [2.75, 3.05) is 0 Å². The normalized spacial score (nSPS) is 10.8. The van der Waals surface area contributed by atoms with Crippen LogP contribution in [-0.2, 0) is 19.5 Å². The number of aryl methyl sites for hydroxylation is 2. The zero-order chi connectivity index (χ0) is 13.0. The van der Waals surface area contributed by atoms with E-state index in [4.69, 9.17) is 0 Å². The Labute approximate surface area is 112 Å². The van der Waals surface area contributed by atoms with Crippen molar-refractivity contribution in [3.05, 3.63) is 57.0 Å². The molecule has 0 aliphatic carbocycles. The highest BCUT2D eigenvalue weighted by Gasteiger charge is 2.04. The molecule has 0 unspecified atom stereocenters. The first-order chi connectivity index (χ1) is 8.70. The lowest BCUT2D eigenvalue weighted by Crippen LogP contribution is -2.13. The number of rotatable bonds is 5. The van der Waals surface area contributed by atoms with Crippen LogP contribution in [0.3, 0.4) is 0 Å². The average molecular weight is 263 g/mol. The summed E-state index contributed by atoms with van der Waals surface area (Å²) in [4.78, 5) is 1.35. The van der Waals surface area contributed by atoms with Crippen molar-refractivity contribution >= 4 is 11.3 Å². The van der Waals surface area contributed by atoms with Gasteiger partial charge in [0, 0.05) is 23.5 Å². The predicted octanol–water partition coefficient (Wildman–Crippen LogP) is 4.05. The third kappa shape index (κ3) is 3.18. The monoisotopic (exact) mass is 263 g/mol.